The number of nitrogens with zero attached hydrogens (tertiary/aromatic N) is 6. The van der Waals surface area contributed by atoms with Gasteiger partial charge in [0.15, 0.2) is 12.1 Å². The minimum Gasteiger partial charge on any atom is -0.445 e. The number of rotatable bonds is 7. The van der Waals surface area contributed by atoms with Crippen LogP contribution in [0.4, 0.5) is 21.2 Å². The van der Waals surface area contributed by atoms with Crippen LogP contribution >= 0.6 is 0 Å². The third kappa shape index (κ3) is 7.36. The molecule has 13 heteroatoms. The Morgan fingerprint density at radius 3 is 2.67 bits per heavy atom. The molecule has 45 heavy (non-hydrogen) atoms. The molecule has 2 N–H and O–H groups in total. The molecule has 4 heterocycles. The molecule has 2 amide bonds. The number of carbonyl (C=O) groups is 2. The predicted molar refractivity (Wildman–Crippen MR) is 168 cm³/mol. The summed E-state index contributed by atoms with van der Waals surface area (Å²) >= 11 is 0. The fourth-order valence-corrected chi connectivity index (χ4v) is 5.50. The van der Waals surface area contributed by atoms with E-state index in [0.29, 0.717) is 31.3 Å². The molecular formula is C32H40N8O5. The van der Waals surface area contributed by atoms with Crippen LogP contribution in [0, 0.1) is 0 Å². The summed E-state index contributed by atoms with van der Waals surface area (Å²) in [5.74, 6) is 1.18. The molecule has 13 nitrogen and oxygen atoms in total. The highest BCUT2D eigenvalue weighted by Gasteiger charge is 2.31. The van der Waals surface area contributed by atoms with Gasteiger partial charge in [0.05, 0.1) is 17.8 Å². The van der Waals surface area contributed by atoms with Gasteiger partial charge in [0.25, 0.3) is 0 Å². The number of anilines is 2. The standard InChI is InChI=1S/C32H40N8O5/c1-32(2,3)45-31(42)39-15-14-25(19-39)35-30(41)44-20-21-8-10-22(11-9-21)28-36-29(38(4)37-28)34-24-12-13-26-23(17-24)18-33-40(26)27-7-5-6-16-43-27/h8-13,17-18,25,27H,5-7,14-16,19-20H2,1-4H3,(H,35,41)(H,34,36,37). The summed E-state index contributed by atoms with van der Waals surface area (Å²) in [6.45, 7) is 7.29. The second kappa shape index (κ2) is 12.8. The van der Waals surface area contributed by atoms with E-state index in [1.807, 2.05) is 81.2 Å². The molecule has 0 radical (unpaired) electrons. The molecule has 2 saturated heterocycles. The Balaban J connectivity index is 1.01. The highest BCUT2D eigenvalue weighted by atomic mass is 16.6. The number of aromatic nitrogens is 5. The Morgan fingerprint density at radius 1 is 1.09 bits per heavy atom. The van der Waals surface area contributed by atoms with Crippen LogP contribution in [0.3, 0.4) is 0 Å². The van der Waals surface area contributed by atoms with Gasteiger partial charge in [-0.25, -0.2) is 19.0 Å². The lowest BCUT2D eigenvalue weighted by atomic mass is 10.1. The van der Waals surface area contributed by atoms with E-state index in [4.69, 9.17) is 19.2 Å². The van der Waals surface area contributed by atoms with E-state index in [-0.39, 0.29) is 25.0 Å². The molecule has 2 aliphatic heterocycles. The second-order valence-corrected chi connectivity index (χ2v) is 12.5. The van der Waals surface area contributed by atoms with Gasteiger partial charge in [0.2, 0.25) is 5.95 Å². The third-order valence-electron chi connectivity index (χ3n) is 7.79. The molecule has 4 aromatic rings. The van der Waals surface area contributed by atoms with Gasteiger partial charge in [-0.3, -0.25) is 0 Å². The van der Waals surface area contributed by atoms with Crippen LogP contribution in [0.2, 0.25) is 0 Å². The Kier molecular flexibility index (Phi) is 8.61. The van der Waals surface area contributed by atoms with E-state index in [9.17, 15) is 9.59 Å². The average molecular weight is 617 g/mol. The molecule has 6 rings (SSSR count). The smallest absolute Gasteiger partial charge is 0.410 e. The zero-order valence-electron chi connectivity index (χ0n) is 26.2. The van der Waals surface area contributed by atoms with Gasteiger partial charge in [-0.05, 0) is 70.2 Å². The number of hydrogen-bond donors (Lipinski definition) is 2. The minimum atomic E-state index is -0.561. The molecular weight excluding hydrogens is 576 g/mol. The molecule has 0 aliphatic carbocycles. The quantitative estimate of drug-likeness (QED) is 0.275. The third-order valence-corrected chi connectivity index (χ3v) is 7.79. The fraction of sp³-hybridized carbons (Fsp3) is 0.469. The van der Waals surface area contributed by atoms with Crippen LogP contribution in [0.25, 0.3) is 22.3 Å². The number of hydrogen-bond acceptors (Lipinski definition) is 9. The first-order valence-electron chi connectivity index (χ1n) is 15.4. The van der Waals surface area contributed by atoms with Gasteiger partial charge in [-0.2, -0.15) is 10.1 Å². The van der Waals surface area contributed by atoms with Crippen LogP contribution in [0.15, 0.2) is 48.7 Å². The molecule has 2 atom stereocenters. The summed E-state index contributed by atoms with van der Waals surface area (Å²) in [6.07, 6.45) is 4.82. The van der Waals surface area contributed by atoms with Crippen molar-refractivity contribution in [3.63, 3.8) is 0 Å². The van der Waals surface area contributed by atoms with Gasteiger partial charge < -0.3 is 29.7 Å². The monoisotopic (exact) mass is 616 g/mol. The first-order chi connectivity index (χ1) is 21.6. The predicted octanol–water partition coefficient (Wildman–Crippen LogP) is 5.51. The van der Waals surface area contributed by atoms with Crippen LogP contribution in [0.1, 0.15) is 58.2 Å². The van der Waals surface area contributed by atoms with Crippen LogP contribution in [-0.2, 0) is 27.9 Å². The molecule has 2 unspecified atom stereocenters. The Labute approximate surface area is 261 Å². The van der Waals surface area contributed by atoms with E-state index in [1.165, 1.54) is 0 Å². The normalized spacial score (nSPS) is 18.6. The fourth-order valence-electron chi connectivity index (χ4n) is 5.50. The van der Waals surface area contributed by atoms with Crippen molar-refractivity contribution in [1.29, 1.82) is 0 Å². The number of fused-ring (bicyclic) bond motifs is 1. The SMILES string of the molecule is Cn1nc(-c2ccc(COC(=O)NC3CCN(C(=O)OC(C)(C)C)C3)cc2)nc1Nc1ccc2c(cnn2C2CCCCO2)c1. The van der Waals surface area contributed by atoms with E-state index in [1.54, 1.807) is 9.58 Å². The average Bonchev–Trinajstić information content (AvgIpc) is 3.75. The molecule has 2 fully saturated rings. The number of carbonyl (C=O) groups excluding carboxylic acids is 2. The molecule has 2 aromatic carbocycles. The summed E-state index contributed by atoms with van der Waals surface area (Å²) in [5, 5.41) is 16.4. The zero-order valence-corrected chi connectivity index (χ0v) is 26.2. The number of ether oxygens (including phenoxy) is 3. The van der Waals surface area contributed by atoms with E-state index >= 15 is 0 Å². The summed E-state index contributed by atoms with van der Waals surface area (Å²) in [4.78, 5) is 31.0. The van der Waals surface area contributed by atoms with Crippen molar-refractivity contribution < 1.29 is 23.8 Å². The highest BCUT2D eigenvalue weighted by molar-refractivity contribution is 5.83. The lowest BCUT2D eigenvalue weighted by molar-refractivity contribution is -0.0366. The number of likely N-dealkylation sites (tertiary alicyclic amines) is 1. The zero-order chi connectivity index (χ0) is 31.6. The van der Waals surface area contributed by atoms with Crippen molar-refractivity contribution in [3.8, 4) is 11.4 Å². The van der Waals surface area contributed by atoms with E-state index in [2.05, 4.69) is 20.8 Å². The lowest BCUT2D eigenvalue weighted by Gasteiger charge is -2.24. The van der Waals surface area contributed by atoms with Crippen LogP contribution in [-0.4, -0.2) is 73.0 Å². The minimum absolute atomic E-state index is 0.0119. The van der Waals surface area contributed by atoms with E-state index < -0.39 is 11.7 Å². The molecule has 2 aromatic heterocycles. The largest absolute Gasteiger partial charge is 0.445 e. The maximum absolute atomic E-state index is 12.4. The summed E-state index contributed by atoms with van der Waals surface area (Å²) in [5.41, 5.74) is 3.03. The van der Waals surface area contributed by atoms with Crippen molar-refractivity contribution in [2.75, 3.05) is 25.0 Å². The van der Waals surface area contributed by atoms with Crippen LogP contribution < -0.4 is 10.6 Å². The number of nitrogens with one attached hydrogen (secondary N) is 2. The first kappa shape index (κ1) is 30.4. The van der Waals surface area contributed by atoms with Gasteiger partial charge in [-0.1, -0.05) is 24.3 Å². The molecule has 2 aliphatic rings. The number of amides is 2. The molecule has 0 bridgehead atoms. The summed E-state index contributed by atoms with van der Waals surface area (Å²) < 4.78 is 20.4. The van der Waals surface area contributed by atoms with Gasteiger partial charge in [0.1, 0.15) is 12.2 Å². The first-order valence-corrected chi connectivity index (χ1v) is 15.4. The summed E-state index contributed by atoms with van der Waals surface area (Å²) in [7, 11) is 1.84. The second-order valence-electron chi connectivity index (χ2n) is 12.5. The van der Waals surface area contributed by atoms with Crippen molar-refractivity contribution >= 4 is 34.7 Å². The number of aryl methyl sites for hydroxylation is 1. The molecule has 238 valence electrons. The molecule has 0 spiro atoms. The van der Waals surface area contributed by atoms with Gasteiger partial charge >= 0.3 is 12.2 Å². The topological polar surface area (TPSA) is 138 Å². The van der Waals surface area contributed by atoms with Crippen molar-refractivity contribution in [1.82, 2.24) is 34.8 Å². The van der Waals surface area contributed by atoms with E-state index in [0.717, 1.165) is 53.6 Å². The van der Waals surface area contributed by atoms with Crippen molar-refractivity contribution in [3.05, 3.63) is 54.2 Å². The maximum atomic E-state index is 12.4. The summed E-state index contributed by atoms with van der Waals surface area (Å²) in [6, 6.07) is 13.5. The van der Waals surface area contributed by atoms with Gasteiger partial charge in [0, 0.05) is 43.4 Å². The number of benzene rings is 2. The lowest BCUT2D eigenvalue weighted by Crippen LogP contribution is -2.40. The van der Waals surface area contributed by atoms with Gasteiger partial charge in [-0.15, -0.1) is 5.10 Å². The van der Waals surface area contributed by atoms with Crippen molar-refractivity contribution in [2.45, 2.75) is 70.9 Å². The number of alkyl carbamates (subject to hydrolysis) is 1. The molecule has 0 saturated carbocycles. The Hall–Kier alpha value is -4.65. The van der Waals surface area contributed by atoms with Crippen LogP contribution in [0.5, 0.6) is 0 Å². The Bertz CT molecular complexity index is 1650. The Morgan fingerprint density at radius 2 is 1.91 bits per heavy atom. The maximum Gasteiger partial charge on any atom is 0.410 e. The highest BCUT2D eigenvalue weighted by Crippen LogP contribution is 2.29. The van der Waals surface area contributed by atoms with Crippen molar-refractivity contribution in [2.24, 2.45) is 7.05 Å².